The predicted molar refractivity (Wildman–Crippen MR) is 104 cm³/mol. The Balaban J connectivity index is 1.64. The molecule has 0 saturated heterocycles. The Morgan fingerprint density at radius 3 is 2.35 bits per heavy atom. The number of fused-ring (bicyclic) bond motifs is 1. The fourth-order valence-corrected chi connectivity index (χ4v) is 3.67. The summed E-state index contributed by atoms with van der Waals surface area (Å²) in [6, 6.07) is 8.74. The number of aliphatic imine (C=N–C) groups is 1. The lowest BCUT2D eigenvalue weighted by atomic mass is 9.94. The Bertz CT molecular complexity index is 749. The van der Waals surface area contributed by atoms with Gasteiger partial charge >= 0.3 is 0 Å². The van der Waals surface area contributed by atoms with Crippen molar-refractivity contribution in [3.05, 3.63) is 52.4 Å². The number of aryl methyl sites for hydroxylation is 2. The summed E-state index contributed by atoms with van der Waals surface area (Å²) in [6.45, 7) is 5.37. The molecule has 0 radical (unpaired) electrons. The van der Waals surface area contributed by atoms with E-state index in [0.717, 1.165) is 42.4 Å². The van der Waals surface area contributed by atoms with Gasteiger partial charge < -0.3 is 20.1 Å². The molecule has 6 heteroatoms. The van der Waals surface area contributed by atoms with Crippen molar-refractivity contribution in [1.29, 1.82) is 0 Å². The molecule has 140 valence electrons. The molecule has 6 nitrogen and oxygen atoms in total. The van der Waals surface area contributed by atoms with E-state index >= 15 is 0 Å². The smallest absolute Gasteiger partial charge is 0.191 e. The van der Waals surface area contributed by atoms with Crippen molar-refractivity contribution in [2.24, 2.45) is 4.99 Å². The second-order valence-electron chi connectivity index (χ2n) is 7.32. The topological polar surface area (TPSA) is 65.7 Å². The van der Waals surface area contributed by atoms with E-state index in [2.05, 4.69) is 64.0 Å². The number of rotatable bonds is 5. The number of likely N-dealkylation sites (N-methyl/N-ethyl adjacent to an activating group) is 1. The number of hydrogen-bond acceptors (Lipinski definition) is 4. The van der Waals surface area contributed by atoms with Crippen LogP contribution in [0.4, 0.5) is 0 Å². The summed E-state index contributed by atoms with van der Waals surface area (Å²) >= 11 is 0. The zero-order valence-electron chi connectivity index (χ0n) is 16.4. The first-order valence-electron chi connectivity index (χ1n) is 9.05. The van der Waals surface area contributed by atoms with Crippen molar-refractivity contribution in [2.45, 2.75) is 38.8 Å². The van der Waals surface area contributed by atoms with Crippen molar-refractivity contribution in [3.63, 3.8) is 0 Å². The van der Waals surface area contributed by atoms with Crippen LogP contribution in [0.5, 0.6) is 0 Å². The zero-order valence-corrected chi connectivity index (χ0v) is 16.4. The van der Waals surface area contributed by atoms with Gasteiger partial charge in [0.2, 0.25) is 0 Å². The SMILES string of the molecule is CN=C(NCc1c(C)noc1C)NCC1(N(C)C)Cc2ccccc2C1. The highest BCUT2D eigenvalue weighted by atomic mass is 16.5. The van der Waals surface area contributed by atoms with Gasteiger partial charge in [-0.3, -0.25) is 4.99 Å². The molecular formula is C20H29N5O. The summed E-state index contributed by atoms with van der Waals surface area (Å²) in [7, 11) is 6.12. The summed E-state index contributed by atoms with van der Waals surface area (Å²) in [5.41, 5.74) is 4.96. The van der Waals surface area contributed by atoms with Crippen LogP contribution in [0.3, 0.4) is 0 Å². The van der Waals surface area contributed by atoms with Crippen LogP contribution in [-0.4, -0.2) is 49.2 Å². The van der Waals surface area contributed by atoms with Gasteiger partial charge in [0.15, 0.2) is 5.96 Å². The van der Waals surface area contributed by atoms with Crippen LogP contribution >= 0.6 is 0 Å². The number of guanidine groups is 1. The molecule has 1 aliphatic carbocycles. The second-order valence-corrected chi connectivity index (χ2v) is 7.32. The fraction of sp³-hybridized carbons (Fsp3) is 0.500. The van der Waals surface area contributed by atoms with Crippen LogP contribution in [-0.2, 0) is 19.4 Å². The third-order valence-electron chi connectivity index (χ3n) is 5.53. The van der Waals surface area contributed by atoms with Crippen molar-refractivity contribution >= 4 is 5.96 Å². The number of nitrogens with one attached hydrogen (secondary N) is 2. The molecule has 1 aromatic carbocycles. The van der Waals surface area contributed by atoms with E-state index in [1.165, 1.54) is 11.1 Å². The summed E-state index contributed by atoms with van der Waals surface area (Å²) in [4.78, 5) is 6.71. The third kappa shape index (κ3) is 3.60. The van der Waals surface area contributed by atoms with Gasteiger partial charge in [0.1, 0.15) is 5.76 Å². The first-order valence-corrected chi connectivity index (χ1v) is 9.05. The maximum Gasteiger partial charge on any atom is 0.191 e. The molecule has 0 unspecified atom stereocenters. The minimum Gasteiger partial charge on any atom is -0.361 e. The molecule has 0 amide bonds. The molecule has 0 spiro atoms. The molecule has 3 rings (SSSR count). The Labute approximate surface area is 155 Å². The Kier molecular flexibility index (Phi) is 5.32. The van der Waals surface area contributed by atoms with E-state index in [9.17, 15) is 0 Å². The van der Waals surface area contributed by atoms with Crippen LogP contribution in [0, 0.1) is 13.8 Å². The molecule has 2 aromatic rings. The lowest BCUT2D eigenvalue weighted by Crippen LogP contribution is -2.55. The maximum atomic E-state index is 5.23. The number of benzene rings is 1. The van der Waals surface area contributed by atoms with Gasteiger partial charge in [0, 0.05) is 31.2 Å². The van der Waals surface area contributed by atoms with E-state index in [1.807, 2.05) is 13.8 Å². The second kappa shape index (κ2) is 7.50. The Morgan fingerprint density at radius 1 is 1.19 bits per heavy atom. The van der Waals surface area contributed by atoms with Crippen molar-refractivity contribution in [1.82, 2.24) is 20.7 Å². The van der Waals surface area contributed by atoms with Gasteiger partial charge in [0.05, 0.1) is 5.69 Å². The predicted octanol–water partition coefficient (Wildman–Crippen LogP) is 2.06. The summed E-state index contributed by atoms with van der Waals surface area (Å²) in [5, 5.41) is 10.9. The molecule has 0 aliphatic heterocycles. The molecule has 0 fully saturated rings. The van der Waals surface area contributed by atoms with Gasteiger partial charge in [-0.15, -0.1) is 0 Å². The molecule has 2 N–H and O–H groups in total. The quantitative estimate of drug-likeness (QED) is 0.635. The Morgan fingerprint density at radius 2 is 1.85 bits per heavy atom. The lowest BCUT2D eigenvalue weighted by molar-refractivity contribution is 0.165. The molecule has 0 saturated carbocycles. The number of nitrogens with zero attached hydrogens (tertiary/aromatic N) is 3. The fourth-order valence-electron chi connectivity index (χ4n) is 3.67. The van der Waals surface area contributed by atoms with Crippen molar-refractivity contribution in [3.8, 4) is 0 Å². The summed E-state index contributed by atoms with van der Waals surface area (Å²) in [6.07, 6.45) is 2.09. The summed E-state index contributed by atoms with van der Waals surface area (Å²) < 4.78 is 5.23. The maximum absolute atomic E-state index is 5.23. The van der Waals surface area contributed by atoms with Gasteiger partial charge in [-0.25, -0.2) is 0 Å². The highest BCUT2D eigenvalue weighted by molar-refractivity contribution is 5.79. The van der Waals surface area contributed by atoms with Crippen molar-refractivity contribution in [2.75, 3.05) is 27.7 Å². The van der Waals surface area contributed by atoms with Crippen LogP contribution in [0.1, 0.15) is 28.1 Å². The average Bonchev–Trinajstić information content (AvgIpc) is 3.16. The van der Waals surface area contributed by atoms with Gasteiger partial charge in [-0.05, 0) is 51.9 Å². The van der Waals surface area contributed by atoms with E-state index in [0.29, 0.717) is 6.54 Å². The first kappa shape index (κ1) is 18.5. The van der Waals surface area contributed by atoms with E-state index in [-0.39, 0.29) is 5.54 Å². The van der Waals surface area contributed by atoms with Crippen LogP contribution in [0.15, 0.2) is 33.8 Å². The highest BCUT2D eigenvalue weighted by Gasteiger charge is 2.39. The normalized spacial score (nSPS) is 16.0. The van der Waals surface area contributed by atoms with E-state index < -0.39 is 0 Å². The van der Waals surface area contributed by atoms with Crippen molar-refractivity contribution < 1.29 is 4.52 Å². The van der Waals surface area contributed by atoms with Crippen LogP contribution in [0.25, 0.3) is 0 Å². The minimum atomic E-state index is 0.0599. The molecule has 0 bridgehead atoms. The average molecular weight is 355 g/mol. The van der Waals surface area contributed by atoms with Crippen LogP contribution in [0.2, 0.25) is 0 Å². The molecule has 1 heterocycles. The Hall–Kier alpha value is -2.34. The molecule has 1 aromatic heterocycles. The lowest BCUT2D eigenvalue weighted by Gasteiger charge is -2.37. The first-order chi connectivity index (χ1) is 12.4. The summed E-state index contributed by atoms with van der Waals surface area (Å²) in [5.74, 6) is 1.64. The number of hydrogen-bond donors (Lipinski definition) is 2. The van der Waals surface area contributed by atoms with E-state index in [1.54, 1.807) is 7.05 Å². The standard InChI is InChI=1S/C20H29N5O/c1-14-18(15(2)26-24-14)12-22-19(21-3)23-13-20(25(4)5)10-16-8-6-7-9-17(16)11-20/h6-9H,10-13H2,1-5H3,(H2,21,22,23). The third-order valence-corrected chi connectivity index (χ3v) is 5.53. The van der Waals surface area contributed by atoms with Gasteiger partial charge in [-0.2, -0.15) is 0 Å². The van der Waals surface area contributed by atoms with E-state index in [4.69, 9.17) is 4.52 Å². The molecule has 0 atom stereocenters. The highest BCUT2D eigenvalue weighted by Crippen LogP contribution is 2.32. The molecular weight excluding hydrogens is 326 g/mol. The molecule has 26 heavy (non-hydrogen) atoms. The minimum absolute atomic E-state index is 0.0599. The number of aromatic nitrogens is 1. The van der Waals surface area contributed by atoms with Gasteiger partial charge in [-0.1, -0.05) is 29.4 Å². The molecule has 1 aliphatic rings. The van der Waals surface area contributed by atoms with Crippen LogP contribution < -0.4 is 10.6 Å². The monoisotopic (exact) mass is 355 g/mol. The van der Waals surface area contributed by atoms with Gasteiger partial charge in [0.25, 0.3) is 0 Å². The zero-order chi connectivity index (χ0) is 18.7. The largest absolute Gasteiger partial charge is 0.361 e.